The molecule has 0 fully saturated rings. The number of nitrogens with one attached hydrogen (secondary N) is 1. The number of aliphatic hydroxyl groups excluding tert-OH is 1. The molecule has 0 radical (unpaired) electrons. The molecule has 72 valence electrons. The zero-order valence-corrected chi connectivity index (χ0v) is 7.16. The molecule has 12 heavy (non-hydrogen) atoms. The van der Waals surface area contributed by atoms with Gasteiger partial charge in [0, 0.05) is 12.6 Å². The summed E-state index contributed by atoms with van der Waals surface area (Å²) in [4.78, 5) is 10.3. The summed E-state index contributed by atoms with van der Waals surface area (Å²) in [5.74, 6) is -1.03. The summed E-state index contributed by atoms with van der Waals surface area (Å²) >= 11 is 0. The molecular weight excluding hydrogens is 160 g/mol. The topological polar surface area (TPSA) is 95.6 Å². The van der Waals surface area contributed by atoms with Gasteiger partial charge in [-0.3, -0.25) is 4.79 Å². The van der Waals surface area contributed by atoms with Gasteiger partial charge in [-0.1, -0.05) is 6.92 Å². The first kappa shape index (κ1) is 11.4. The second kappa shape index (κ2) is 5.93. The highest BCUT2D eigenvalue weighted by Gasteiger charge is 2.12. The van der Waals surface area contributed by atoms with E-state index >= 15 is 0 Å². The van der Waals surface area contributed by atoms with Gasteiger partial charge in [0.25, 0.3) is 0 Å². The lowest BCUT2D eigenvalue weighted by molar-refractivity contribution is -0.138. The minimum atomic E-state index is -1.03. The molecule has 5 heteroatoms. The molecule has 0 aromatic rings. The molecule has 0 spiro atoms. The molecule has 0 saturated carbocycles. The molecule has 0 aliphatic heterocycles. The van der Waals surface area contributed by atoms with Crippen LogP contribution in [0, 0.1) is 0 Å². The molecule has 0 bridgehead atoms. The Morgan fingerprint density at radius 1 is 1.67 bits per heavy atom. The van der Waals surface area contributed by atoms with Crippen LogP contribution in [0.2, 0.25) is 0 Å². The Hall–Kier alpha value is -0.650. The van der Waals surface area contributed by atoms with Crippen LogP contribution in [0.25, 0.3) is 0 Å². The van der Waals surface area contributed by atoms with Crippen molar-refractivity contribution in [2.45, 2.75) is 25.4 Å². The van der Waals surface area contributed by atoms with Crippen LogP contribution in [-0.4, -0.2) is 41.4 Å². The second-order valence-electron chi connectivity index (χ2n) is 2.64. The van der Waals surface area contributed by atoms with Crippen molar-refractivity contribution in [2.75, 3.05) is 13.2 Å². The van der Waals surface area contributed by atoms with E-state index in [1.807, 2.05) is 6.92 Å². The van der Waals surface area contributed by atoms with Crippen molar-refractivity contribution >= 4 is 5.97 Å². The van der Waals surface area contributed by atoms with Crippen molar-refractivity contribution in [3.8, 4) is 0 Å². The minimum Gasteiger partial charge on any atom is -0.480 e. The highest BCUT2D eigenvalue weighted by atomic mass is 16.4. The standard InChI is InChI=1S/C7H16N2O3/c1-2-5(4-10)9-3-6(8)7(11)12/h5-6,9-10H,2-4,8H2,1H3,(H,11,12). The van der Waals surface area contributed by atoms with Crippen LogP contribution < -0.4 is 11.1 Å². The van der Waals surface area contributed by atoms with E-state index < -0.39 is 12.0 Å². The Labute approximate surface area is 71.6 Å². The zero-order valence-electron chi connectivity index (χ0n) is 7.16. The number of aliphatic carboxylic acids is 1. The molecule has 5 nitrogen and oxygen atoms in total. The largest absolute Gasteiger partial charge is 0.480 e. The van der Waals surface area contributed by atoms with Crippen LogP contribution in [0.4, 0.5) is 0 Å². The summed E-state index contributed by atoms with van der Waals surface area (Å²) in [7, 11) is 0. The highest BCUT2D eigenvalue weighted by molar-refractivity contribution is 5.73. The molecule has 0 amide bonds. The third-order valence-corrected chi connectivity index (χ3v) is 1.66. The highest BCUT2D eigenvalue weighted by Crippen LogP contribution is 1.88. The van der Waals surface area contributed by atoms with Gasteiger partial charge in [0.05, 0.1) is 6.61 Å². The zero-order chi connectivity index (χ0) is 9.56. The lowest BCUT2D eigenvalue weighted by Gasteiger charge is -2.15. The Morgan fingerprint density at radius 2 is 2.25 bits per heavy atom. The van der Waals surface area contributed by atoms with Gasteiger partial charge in [0.2, 0.25) is 0 Å². The fourth-order valence-electron chi connectivity index (χ4n) is 0.719. The van der Waals surface area contributed by atoms with E-state index in [4.69, 9.17) is 15.9 Å². The monoisotopic (exact) mass is 176 g/mol. The van der Waals surface area contributed by atoms with Gasteiger partial charge in [0.15, 0.2) is 0 Å². The lowest BCUT2D eigenvalue weighted by Crippen LogP contribution is -2.44. The molecule has 0 aromatic heterocycles. The van der Waals surface area contributed by atoms with Crippen molar-refractivity contribution in [1.29, 1.82) is 0 Å². The molecule has 0 rings (SSSR count). The van der Waals surface area contributed by atoms with Crippen LogP contribution in [0.1, 0.15) is 13.3 Å². The van der Waals surface area contributed by atoms with Gasteiger partial charge in [-0.25, -0.2) is 0 Å². The Kier molecular flexibility index (Phi) is 5.61. The molecule has 2 unspecified atom stereocenters. The number of hydrogen-bond donors (Lipinski definition) is 4. The van der Waals surface area contributed by atoms with E-state index in [0.717, 1.165) is 6.42 Å². The number of carbonyl (C=O) groups is 1. The van der Waals surface area contributed by atoms with E-state index in [-0.39, 0.29) is 19.2 Å². The van der Waals surface area contributed by atoms with Crippen molar-refractivity contribution in [3.63, 3.8) is 0 Å². The molecule has 0 aliphatic rings. The molecular formula is C7H16N2O3. The maximum atomic E-state index is 10.3. The van der Waals surface area contributed by atoms with Gasteiger partial charge in [0.1, 0.15) is 6.04 Å². The first-order chi connectivity index (χ1) is 5.61. The summed E-state index contributed by atoms with van der Waals surface area (Å²) in [5.41, 5.74) is 5.23. The molecule has 0 aliphatic carbocycles. The van der Waals surface area contributed by atoms with Gasteiger partial charge in [-0.05, 0) is 6.42 Å². The first-order valence-corrected chi connectivity index (χ1v) is 3.94. The van der Waals surface area contributed by atoms with Crippen LogP contribution >= 0.6 is 0 Å². The Morgan fingerprint density at radius 3 is 2.58 bits per heavy atom. The summed E-state index contributed by atoms with van der Waals surface area (Å²) < 4.78 is 0. The molecule has 5 N–H and O–H groups in total. The SMILES string of the molecule is CCC(CO)NCC(N)C(=O)O. The van der Waals surface area contributed by atoms with Crippen molar-refractivity contribution in [2.24, 2.45) is 5.73 Å². The minimum absolute atomic E-state index is 0.00282. The number of rotatable bonds is 6. The summed E-state index contributed by atoms with van der Waals surface area (Å²) in [6.45, 7) is 2.09. The van der Waals surface area contributed by atoms with E-state index in [1.54, 1.807) is 0 Å². The Bertz CT molecular complexity index is 137. The van der Waals surface area contributed by atoms with Crippen molar-refractivity contribution in [1.82, 2.24) is 5.32 Å². The number of carboxylic acid groups (broad SMARTS) is 1. The van der Waals surface area contributed by atoms with Gasteiger partial charge in [-0.15, -0.1) is 0 Å². The fourth-order valence-corrected chi connectivity index (χ4v) is 0.719. The van der Waals surface area contributed by atoms with Crippen LogP contribution in [0.3, 0.4) is 0 Å². The summed E-state index contributed by atoms with van der Waals surface area (Å²) in [5, 5.41) is 20.0. The smallest absolute Gasteiger partial charge is 0.321 e. The molecule has 2 atom stereocenters. The van der Waals surface area contributed by atoms with E-state index in [1.165, 1.54) is 0 Å². The molecule has 0 heterocycles. The maximum absolute atomic E-state index is 10.3. The van der Waals surface area contributed by atoms with Gasteiger partial charge >= 0.3 is 5.97 Å². The number of carboxylic acids is 1. The van der Waals surface area contributed by atoms with Crippen molar-refractivity contribution < 1.29 is 15.0 Å². The first-order valence-electron chi connectivity index (χ1n) is 3.94. The van der Waals surface area contributed by atoms with E-state index in [9.17, 15) is 4.79 Å². The van der Waals surface area contributed by atoms with E-state index in [2.05, 4.69) is 5.32 Å². The van der Waals surface area contributed by atoms with Gasteiger partial charge in [-0.2, -0.15) is 0 Å². The fraction of sp³-hybridized carbons (Fsp3) is 0.857. The quantitative estimate of drug-likeness (QED) is 0.406. The Balaban J connectivity index is 3.58. The summed E-state index contributed by atoms with van der Waals surface area (Å²) in [6.07, 6.45) is 0.753. The maximum Gasteiger partial charge on any atom is 0.321 e. The van der Waals surface area contributed by atoms with Crippen LogP contribution in [-0.2, 0) is 4.79 Å². The number of hydrogen-bond acceptors (Lipinski definition) is 4. The predicted octanol–water partition coefficient (Wildman–Crippen LogP) is -1.24. The van der Waals surface area contributed by atoms with Crippen LogP contribution in [0.15, 0.2) is 0 Å². The molecule has 0 saturated heterocycles. The predicted molar refractivity (Wildman–Crippen MR) is 44.8 cm³/mol. The van der Waals surface area contributed by atoms with Crippen LogP contribution in [0.5, 0.6) is 0 Å². The van der Waals surface area contributed by atoms with Gasteiger partial charge < -0.3 is 21.3 Å². The average molecular weight is 176 g/mol. The number of aliphatic hydroxyl groups is 1. The lowest BCUT2D eigenvalue weighted by atomic mass is 10.2. The normalized spacial score (nSPS) is 15.6. The van der Waals surface area contributed by atoms with Crippen molar-refractivity contribution in [3.05, 3.63) is 0 Å². The third kappa shape index (κ3) is 4.27. The average Bonchev–Trinajstić information content (AvgIpc) is 2.05. The number of nitrogens with two attached hydrogens (primary N) is 1. The third-order valence-electron chi connectivity index (χ3n) is 1.66. The summed E-state index contributed by atoms with van der Waals surface area (Å²) in [6, 6.07) is -0.957. The van der Waals surface area contributed by atoms with E-state index in [0.29, 0.717) is 0 Å². The second-order valence-corrected chi connectivity index (χ2v) is 2.64. The molecule has 0 aromatic carbocycles.